The van der Waals surface area contributed by atoms with Gasteiger partial charge in [0.25, 0.3) is 0 Å². The number of hydrogen-bond acceptors (Lipinski definition) is 7. The van der Waals surface area contributed by atoms with Crippen molar-refractivity contribution in [1.29, 1.82) is 0 Å². The highest BCUT2D eigenvalue weighted by molar-refractivity contribution is 5.99. The Labute approximate surface area is 179 Å². The summed E-state index contributed by atoms with van der Waals surface area (Å²) in [7, 11) is 0. The lowest BCUT2D eigenvalue weighted by Gasteiger charge is -2.44. The molecule has 4 N–H and O–H groups in total. The predicted octanol–water partition coefficient (Wildman–Crippen LogP) is 0.377. The molecule has 2 rings (SSSR count). The third-order valence-electron chi connectivity index (χ3n) is 5.11. The largest absolute Gasteiger partial charge is 0.477 e. The molecule has 0 aromatic heterocycles. The predicted molar refractivity (Wildman–Crippen MR) is 108 cm³/mol. The number of alkyl carbamates (subject to hydrolysis) is 2. The summed E-state index contributed by atoms with van der Waals surface area (Å²) in [5.74, 6) is -3.14. The van der Waals surface area contributed by atoms with Crippen molar-refractivity contribution in [3.8, 4) is 0 Å². The zero-order valence-corrected chi connectivity index (χ0v) is 17.2. The lowest BCUT2D eigenvalue weighted by atomic mass is 9.82. The molecule has 0 spiro atoms. The van der Waals surface area contributed by atoms with Crippen molar-refractivity contribution in [2.24, 2.45) is 11.8 Å². The summed E-state index contributed by atoms with van der Waals surface area (Å²) in [6.45, 7) is 8.23. The number of ether oxygens (including phenoxy) is 2. The Hall–Kier alpha value is -3.34. The second kappa shape index (κ2) is 10.6. The second-order valence-electron chi connectivity index (χ2n) is 7.16. The third-order valence-corrected chi connectivity index (χ3v) is 5.11. The van der Waals surface area contributed by atoms with E-state index in [4.69, 9.17) is 9.47 Å². The number of β-lactam (4-membered cyclic amide) rings is 1. The summed E-state index contributed by atoms with van der Waals surface area (Å²) in [6, 6.07) is -0.489. The van der Waals surface area contributed by atoms with Crippen LogP contribution < -0.4 is 10.6 Å². The molecule has 2 heterocycles. The van der Waals surface area contributed by atoms with Gasteiger partial charge in [0, 0.05) is 19.0 Å². The van der Waals surface area contributed by atoms with Gasteiger partial charge in [0.2, 0.25) is 5.91 Å². The Balaban J connectivity index is 2.22. The van der Waals surface area contributed by atoms with E-state index in [9.17, 15) is 29.4 Å². The maximum atomic E-state index is 12.4. The van der Waals surface area contributed by atoms with Crippen molar-refractivity contribution in [2.45, 2.75) is 25.5 Å². The number of aliphatic carboxylic acids is 1. The molecule has 3 atom stereocenters. The zero-order valence-electron chi connectivity index (χ0n) is 17.2. The van der Waals surface area contributed by atoms with Crippen LogP contribution in [0.25, 0.3) is 0 Å². The van der Waals surface area contributed by atoms with Crippen LogP contribution in [0, 0.1) is 11.8 Å². The molecule has 2 aliphatic heterocycles. The minimum atomic E-state index is -1.30. The quantitative estimate of drug-likeness (QED) is 0.267. The fourth-order valence-electron chi connectivity index (χ4n) is 3.77. The Morgan fingerprint density at radius 3 is 2.10 bits per heavy atom. The zero-order chi connectivity index (χ0) is 23.1. The molecule has 11 heteroatoms. The number of nitrogens with one attached hydrogen (secondary N) is 2. The Morgan fingerprint density at radius 2 is 1.68 bits per heavy atom. The highest BCUT2D eigenvalue weighted by Gasteiger charge is 2.57. The van der Waals surface area contributed by atoms with E-state index < -0.39 is 48.0 Å². The van der Waals surface area contributed by atoms with E-state index >= 15 is 0 Å². The molecule has 0 bridgehead atoms. The average molecular weight is 437 g/mol. The number of fused-ring (bicyclic) bond motifs is 1. The van der Waals surface area contributed by atoms with Gasteiger partial charge in [0.15, 0.2) is 0 Å². The van der Waals surface area contributed by atoms with E-state index in [1.54, 1.807) is 0 Å². The molecule has 0 aromatic rings. The molecule has 1 saturated heterocycles. The van der Waals surface area contributed by atoms with Gasteiger partial charge in [-0.15, -0.1) is 0 Å². The van der Waals surface area contributed by atoms with Crippen molar-refractivity contribution in [3.63, 3.8) is 0 Å². The minimum Gasteiger partial charge on any atom is -0.477 e. The van der Waals surface area contributed by atoms with E-state index in [1.807, 2.05) is 0 Å². The topological polar surface area (TPSA) is 154 Å². The lowest BCUT2D eigenvalue weighted by molar-refractivity contribution is -0.161. The van der Waals surface area contributed by atoms with Gasteiger partial charge >= 0.3 is 18.2 Å². The van der Waals surface area contributed by atoms with E-state index in [-0.39, 0.29) is 38.4 Å². The summed E-state index contributed by atoms with van der Waals surface area (Å²) in [6.07, 6.45) is 0.569. The first-order valence-corrected chi connectivity index (χ1v) is 9.73. The standard InChI is InChI=1S/C20H27N3O8/c1-4-6-30-19(28)21-9-12(10-22-20(29)31-7-5-2)13-8-14-15(11(3)24)17(25)23(14)16(13)18(26)27/h4-5,11-12,14-15,24H,1-2,6-10H2,3H3,(H,21,28)(H,22,29)(H,26,27)/t11-,14-,15-/m1/s1. The van der Waals surface area contributed by atoms with Gasteiger partial charge in [-0.2, -0.15) is 0 Å². The molecule has 3 amide bonds. The SMILES string of the molecule is C=CCOC(=O)NCC(CNC(=O)OCC=C)C1=C(C(=O)O)N2C(=O)[C@H]([C@@H](C)O)[C@H]2C1. The molecular formula is C20H27N3O8. The fourth-order valence-corrected chi connectivity index (χ4v) is 3.77. The molecular weight excluding hydrogens is 410 g/mol. The van der Waals surface area contributed by atoms with Gasteiger partial charge in [-0.25, -0.2) is 14.4 Å². The molecule has 11 nitrogen and oxygen atoms in total. The van der Waals surface area contributed by atoms with Crippen LogP contribution in [0.1, 0.15) is 13.3 Å². The van der Waals surface area contributed by atoms with Crippen LogP contribution in [0.4, 0.5) is 9.59 Å². The molecule has 0 unspecified atom stereocenters. The maximum Gasteiger partial charge on any atom is 0.407 e. The molecule has 0 radical (unpaired) electrons. The highest BCUT2D eigenvalue weighted by Crippen LogP contribution is 2.45. The van der Waals surface area contributed by atoms with E-state index in [0.717, 1.165) is 4.90 Å². The second-order valence-corrected chi connectivity index (χ2v) is 7.16. The smallest absolute Gasteiger partial charge is 0.407 e. The third kappa shape index (κ3) is 5.43. The van der Waals surface area contributed by atoms with Crippen LogP contribution in [0.5, 0.6) is 0 Å². The van der Waals surface area contributed by atoms with Crippen molar-refractivity contribution in [3.05, 3.63) is 36.6 Å². The summed E-state index contributed by atoms with van der Waals surface area (Å²) in [5, 5.41) is 24.6. The van der Waals surface area contributed by atoms with Crippen molar-refractivity contribution in [1.82, 2.24) is 15.5 Å². The molecule has 1 fully saturated rings. The number of rotatable bonds is 11. The van der Waals surface area contributed by atoms with Crippen molar-refractivity contribution < 1.29 is 38.9 Å². The first-order chi connectivity index (χ1) is 14.7. The minimum absolute atomic E-state index is 0.00781. The summed E-state index contributed by atoms with van der Waals surface area (Å²) < 4.78 is 9.71. The number of carbonyl (C=O) groups excluding carboxylic acids is 3. The van der Waals surface area contributed by atoms with Crippen molar-refractivity contribution in [2.75, 3.05) is 26.3 Å². The normalized spacial score (nSPS) is 20.5. The summed E-state index contributed by atoms with van der Waals surface area (Å²) >= 11 is 0. The van der Waals surface area contributed by atoms with Crippen LogP contribution >= 0.6 is 0 Å². The number of nitrogens with zero attached hydrogens (tertiary/aromatic N) is 1. The van der Waals surface area contributed by atoms with Gasteiger partial charge in [-0.3, -0.25) is 4.79 Å². The number of carboxylic acid groups (broad SMARTS) is 1. The average Bonchev–Trinajstić information content (AvgIpc) is 3.05. The fraction of sp³-hybridized carbons (Fsp3) is 0.500. The van der Waals surface area contributed by atoms with Crippen molar-refractivity contribution >= 4 is 24.1 Å². The van der Waals surface area contributed by atoms with Gasteiger partial charge in [-0.05, 0) is 18.9 Å². The number of hydrogen-bond donors (Lipinski definition) is 4. The number of amides is 3. The molecule has 0 aromatic carbocycles. The van der Waals surface area contributed by atoms with E-state index in [1.165, 1.54) is 19.1 Å². The highest BCUT2D eigenvalue weighted by atomic mass is 16.6. The van der Waals surface area contributed by atoms with Gasteiger partial charge in [-0.1, -0.05) is 25.3 Å². The number of carbonyl (C=O) groups is 4. The number of aliphatic hydroxyl groups excluding tert-OH is 1. The lowest BCUT2D eigenvalue weighted by Crippen LogP contribution is -2.61. The van der Waals surface area contributed by atoms with E-state index in [2.05, 4.69) is 23.8 Å². The molecule has 0 saturated carbocycles. The summed E-state index contributed by atoms with van der Waals surface area (Å²) in [4.78, 5) is 49.1. The molecule has 0 aliphatic carbocycles. The number of carboxylic acids is 1. The monoisotopic (exact) mass is 437 g/mol. The Morgan fingerprint density at radius 1 is 1.16 bits per heavy atom. The number of aliphatic hydroxyl groups is 1. The maximum absolute atomic E-state index is 12.4. The molecule has 170 valence electrons. The van der Waals surface area contributed by atoms with Crippen LogP contribution in [0.15, 0.2) is 36.6 Å². The molecule has 31 heavy (non-hydrogen) atoms. The van der Waals surface area contributed by atoms with E-state index in [0.29, 0.717) is 5.57 Å². The first-order valence-electron chi connectivity index (χ1n) is 9.73. The van der Waals surface area contributed by atoms with Gasteiger partial charge in [0.1, 0.15) is 18.9 Å². The Kier molecular flexibility index (Phi) is 8.20. The summed E-state index contributed by atoms with van der Waals surface area (Å²) in [5.41, 5.74) is 0.182. The van der Waals surface area contributed by atoms with Gasteiger partial charge < -0.3 is 35.2 Å². The van der Waals surface area contributed by atoms with Crippen LogP contribution in [0.2, 0.25) is 0 Å². The van der Waals surface area contributed by atoms with Crippen LogP contribution in [0.3, 0.4) is 0 Å². The van der Waals surface area contributed by atoms with Crippen LogP contribution in [-0.4, -0.2) is 77.6 Å². The molecule has 2 aliphatic rings. The Bertz CT molecular complexity index is 763. The van der Waals surface area contributed by atoms with Gasteiger partial charge in [0.05, 0.1) is 18.1 Å². The first kappa shape index (κ1) is 23.9. The van der Waals surface area contributed by atoms with Crippen LogP contribution in [-0.2, 0) is 19.1 Å².